The Balaban J connectivity index is 2.37. The van der Waals surface area contributed by atoms with Crippen LogP contribution in [-0.2, 0) is 14.3 Å². The first-order valence-corrected chi connectivity index (χ1v) is 7.27. The zero-order valence-electron chi connectivity index (χ0n) is 12.3. The molecule has 1 saturated heterocycles. The van der Waals surface area contributed by atoms with Gasteiger partial charge in [0.2, 0.25) is 5.72 Å². The van der Waals surface area contributed by atoms with Gasteiger partial charge in [0.1, 0.15) is 18.8 Å². The number of unbranched alkanes of at least 4 members (excludes halogenated alkanes) is 4. The van der Waals surface area contributed by atoms with E-state index < -0.39 is 30.5 Å². The second-order valence-corrected chi connectivity index (χ2v) is 5.18. The van der Waals surface area contributed by atoms with Gasteiger partial charge >= 0.3 is 5.97 Å². The maximum absolute atomic E-state index is 11.6. The molecule has 0 radical (unpaired) electrons. The third-order valence-corrected chi connectivity index (χ3v) is 3.47. The molecule has 0 aromatic carbocycles. The number of hydrogen-bond donors (Lipinski definition) is 2. The highest BCUT2D eigenvalue weighted by Crippen LogP contribution is 2.29. The molecule has 8 heteroatoms. The van der Waals surface area contributed by atoms with Gasteiger partial charge in [0.15, 0.2) is 0 Å². The van der Waals surface area contributed by atoms with Crippen molar-refractivity contribution in [1.82, 2.24) is 0 Å². The number of azide groups is 1. The Morgan fingerprint density at radius 2 is 2.14 bits per heavy atom. The van der Waals surface area contributed by atoms with Crippen molar-refractivity contribution in [1.29, 1.82) is 0 Å². The molecule has 0 spiro atoms. The maximum atomic E-state index is 11.6. The Bertz CT molecular complexity index is 386. The van der Waals surface area contributed by atoms with Crippen molar-refractivity contribution >= 4 is 5.97 Å². The molecular formula is C13H23N3O5. The monoisotopic (exact) mass is 301 g/mol. The number of esters is 1. The molecule has 3 atom stereocenters. The van der Waals surface area contributed by atoms with Crippen LogP contribution >= 0.6 is 0 Å². The van der Waals surface area contributed by atoms with Crippen molar-refractivity contribution in [2.24, 2.45) is 5.11 Å². The van der Waals surface area contributed by atoms with Crippen LogP contribution < -0.4 is 0 Å². The summed E-state index contributed by atoms with van der Waals surface area (Å²) in [6.07, 6.45) is 2.76. The zero-order chi connectivity index (χ0) is 15.7. The fraction of sp³-hybridized carbons (Fsp3) is 0.923. The van der Waals surface area contributed by atoms with E-state index in [0.29, 0.717) is 0 Å². The van der Waals surface area contributed by atoms with Crippen molar-refractivity contribution in [3.8, 4) is 0 Å². The first-order chi connectivity index (χ1) is 10.1. The van der Waals surface area contributed by atoms with E-state index in [-0.39, 0.29) is 13.0 Å². The van der Waals surface area contributed by atoms with Crippen LogP contribution in [0.5, 0.6) is 0 Å². The lowest BCUT2D eigenvalue weighted by Gasteiger charge is -2.25. The molecule has 0 unspecified atom stereocenters. The number of aliphatic hydroxyl groups is 2. The van der Waals surface area contributed by atoms with E-state index >= 15 is 0 Å². The van der Waals surface area contributed by atoms with Gasteiger partial charge in [-0.2, -0.15) is 0 Å². The molecule has 0 saturated carbocycles. The van der Waals surface area contributed by atoms with Gasteiger partial charge in [0, 0.05) is 11.3 Å². The summed E-state index contributed by atoms with van der Waals surface area (Å²) in [5.41, 5.74) is 6.80. The Kier molecular flexibility index (Phi) is 7.45. The van der Waals surface area contributed by atoms with E-state index in [1.54, 1.807) is 0 Å². The summed E-state index contributed by atoms with van der Waals surface area (Å²) in [4.78, 5) is 14.2. The van der Waals surface area contributed by atoms with Gasteiger partial charge < -0.3 is 19.7 Å². The Hall–Kier alpha value is -1.34. The maximum Gasteiger partial charge on any atom is 0.305 e. The molecule has 1 heterocycles. The predicted molar refractivity (Wildman–Crippen MR) is 74.2 cm³/mol. The third kappa shape index (κ3) is 5.17. The van der Waals surface area contributed by atoms with Gasteiger partial charge in [-0.25, -0.2) is 0 Å². The second kappa shape index (κ2) is 8.84. The Morgan fingerprint density at radius 1 is 1.43 bits per heavy atom. The van der Waals surface area contributed by atoms with Crippen LogP contribution in [0.3, 0.4) is 0 Å². The molecule has 0 amide bonds. The van der Waals surface area contributed by atoms with Gasteiger partial charge in [0.05, 0.1) is 6.61 Å². The summed E-state index contributed by atoms with van der Waals surface area (Å²) in [5.74, 6) is -0.434. The molecule has 0 bridgehead atoms. The van der Waals surface area contributed by atoms with E-state index in [2.05, 4.69) is 16.9 Å². The van der Waals surface area contributed by atoms with Gasteiger partial charge in [-0.1, -0.05) is 37.7 Å². The fourth-order valence-corrected chi connectivity index (χ4v) is 2.16. The molecule has 1 aliphatic heterocycles. The molecule has 120 valence electrons. The summed E-state index contributed by atoms with van der Waals surface area (Å²) in [6, 6.07) is 0. The van der Waals surface area contributed by atoms with Gasteiger partial charge in [-0.15, -0.1) is 0 Å². The first kappa shape index (κ1) is 17.7. The van der Waals surface area contributed by atoms with Crippen LogP contribution in [0, 0.1) is 0 Å². The first-order valence-electron chi connectivity index (χ1n) is 7.27. The summed E-state index contributed by atoms with van der Waals surface area (Å²) in [6.45, 7) is 1.54. The molecule has 0 aliphatic carbocycles. The fourth-order valence-electron chi connectivity index (χ4n) is 2.16. The van der Waals surface area contributed by atoms with E-state index in [1.165, 1.54) is 0 Å². The normalized spacial score (nSPS) is 28.1. The van der Waals surface area contributed by atoms with Crippen molar-refractivity contribution in [2.45, 2.75) is 63.4 Å². The molecule has 0 aromatic heterocycles. The summed E-state index contributed by atoms with van der Waals surface area (Å²) in [5, 5.41) is 22.6. The van der Waals surface area contributed by atoms with Gasteiger partial charge in [-0.3, -0.25) is 4.79 Å². The van der Waals surface area contributed by atoms with E-state index in [9.17, 15) is 15.0 Å². The van der Waals surface area contributed by atoms with Gasteiger partial charge in [0.25, 0.3) is 0 Å². The van der Waals surface area contributed by atoms with Crippen LogP contribution in [0.1, 0.15) is 45.4 Å². The molecule has 1 rings (SSSR count). The quantitative estimate of drug-likeness (QED) is 0.220. The molecule has 2 N–H and O–H groups in total. The summed E-state index contributed by atoms with van der Waals surface area (Å²) in [7, 11) is 0. The summed E-state index contributed by atoms with van der Waals surface area (Å²) >= 11 is 0. The van der Waals surface area contributed by atoms with Crippen LogP contribution in [0.25, 0.3) is 10.4 Å². The lowest BCUT2D eigenvalue weighted by molar-refractivity contribution is -0.158. The molecule has 21 heavy (non-hydrogen) atoms. The van der Waals surface area contributed by atoms with E-state index in [1.807, 2.05) is 0 Å². The number of aliphatic hydroxyl groups excluding tert-OH is 2. The lowest BCUT2D eigenvalue weighted by Crippen LogP contribution is -2.45. The highest BCUT2D eigenvalue weighted by atomic mass is 16.6. The lowest BCUT2D eigenvalue weighted by atomic mass is 10.1. The SMILES string of the molecule is CCCCCCCC(=O)OC[C@@]1(N=[N+]=[N-])OC[C@@H](O)[C@@H]1O. The van der Waals surface area contributed by atoms with Crippen LogP contribution in [0.2, 0.25) is 0 Å². The number of hydrogen-bond acceptors (Lipinski definition) is 6. The minimum atomic E-state index is -1.73. The second-order valence-electron chi connectivity index (χ2n) is 5.18. The van der Waals surface area contributed by atoms with Crippen molar-refractivity contribution < 1.29 is 24.5 Å². The molecule has 8 nitrogen and oxygen atoms in total. The number of rotatable bonds is 9. The largest absolute Gasteiger partial charge is 0.462 e. The number of nitrogens with zero attached hydrogens (tertiary/aromatic N) is 3. The van der Waals surface area contributed by atoms with Crippen molar-refractivity contribution in [3.63, 3.8) is 0 Å². The smallest absolute Gasteiger partial charge is 0.305 e. The minimum absolute atomic E-state index is 0.172. The molecular weight excluding hydrogens is 278 g/mol. The minimum Gasteiger partial charge on any atom is -0.462 e. The molecule has 1 fully saturated rings. The highest BCUT2D eigenvalue weighted by molar-refractivity contribution is 5.69. The average Bonchev–Trinajstić information content (AvgIpc) is 2.74. The molecule has 1 aliphatic rings. The van der Waals surface area contributed by atoms with Crippen molar-refractivity contribution in [2.75, 3.05) is 13.2 Å². The Labute approximate surface area is 123 Å². The number of carbonyl (C=O) groups is 1. The number of carbonyl (C=O) groups excluding carboxylic acids is 1. The predicted octanol–water partition coefficient (Wildman–Crippen LogP) is 1.65. The zero-order valence-corrected chi connectivity index (χ0v) is 12.3. The van der Waals surface area contributed by atoms with E-state index in [4.69, 9.17) is 15.0 Å². The Morgan fingerprint density at radius 3 is 2.71 bits per heavy atom. The highest BCUT2D eigenvalue weighted by Gasteiger charge is 2.49. The number of ether oxygens (including phenoxy) is 2. The average molecular weight is 301 g/mol. The van der Waals surface area contributed by atoms with Crippen LogP contribution in [0.4, 0.5) is 0 Å². The summed E-state index contributed by atoms with van der Waals surface area (Å²) < 4.78 is 10.1. The third-order valence-electron chi connectivity index (χ3n) is 3.47. The van der Waals surface area contributed by atoms with Gasteiger partial charge in [-0.05, 0) is 12.0 Å². The van der Waals surface area contributed by atoms with Crippen LogP contribution in [-0.4, -0.2) is 47.3 Å². The topological polar surface area (TPSA) is 125 Å². The standard InChI is InChI=1S/C13H23N3O5/c1-2-3-4-5-6-7-11(18)20-9-13(15-16-14)12(19)10(17)8-21-13/h10,12,17,19H,2-9H2,1H3/t10-,12+,13-/m1/s1. The van der Waals surface area contributed by atoms with Crippen molar-refractivity contribution in [3.05, 3.63) is 10.4 Å². The van der Waals surface area contributed by atoms with Crippen LogP contribution in [0.15, 0.2) is 5.11 Å². The molecule has 0 aromatic rings. The van der Waals surface area contributed by atoms with E-state index in [0.717, 1.165) is 32.1 Å².